The number of carbonyl (C=O) groups excluding carboxylic acids is 1. The van der Waals surface area contributed by atoms with Crippen LogP contribution in [0.4, 0.5) is 6.01 Å². The fraction of sp³-hybridized carbons (Fsp3) is 0.389. The first-order valence-corrected chi connectivity index (χ1v) is 8.96. The number of hydrogen-bond donors (Lipinski definition) is 0. The van der Waals surface area contributed by atoms with Gasteiger partial charge < -0.3 is 14.2 Å². The number of aromatic nitrogens is 3. The van der Waals surface area contributed by atoms with Crippen molar-refractivity contribution in [1.29, 1.82) is 0 Å². The van der Waals surface area contributed by atoms with Crippen molar-refractivity contribution in [3.8, 4) is 0 Å². The molecular formula is C18H20ClN5O2. The molecule has 26 heavy (non-hydrogen) atoms. The van der Waals surface area contributed by atoms with E-state index in [1.54, 1.807) is 29.2 Å². The SMILES string of the molecule is CN(C(=O)c1cnn(C)c1)C1CCN(c2nc3ccc(Cl)cc3o2)CC1. The lowest BCUT2D eigenvalue weighted by molar-refractivity contribution is 0.0708. The second-order valence-electron chi connectivity index (χ2n) is 6.65. The Morgan fingerprint density at radius 2 is 2.12 bits per heavy atom. The van der Waals surface area contributed by atoms with E-state index in [9.17, 15) is 4.79 Å². The van der Waals surface area contributed by atoms with E-state index in [1.165, 1.54) is 0 Å². The van der Waals surface area contributed by atoms with E-state index in [1.807, 2.05) is 25.1 Å². The fourth-order valence-electron chi connectivity index (χ4n) is 3.37. The Labute approximate surface area is 156 Å². The van der Waals surface area contributed by atoms with Crippen molar-refractivity contribution in [3.63, 3.8) is 0 Å². The highest BCUT2D eigenvalue weighted by molar-refractivity contribution is 6.31. The quantitative estimate of drug-likeness (QED) is 0.706. The molecule has 0 saturated carbocycles. The minimum atomic E-state index is 0.00746. The van der Waals surface area contributed by atoms with Crippen molar-refractivity contribution in [2.75, 3.05) is 25.0 Å². The maximum Gasteiger partial charge on any atom is 0.298 e. The number of halogens is 1. The zero-order chi connectivity index (χ0) is 18.3. The number of aryl methyl sites for hydroxylation is 1. The first-order chi connectivity index (χ1) is 12.5. The van der Waals surface area contributed by atoms with Crippen molar-refractivity contribution in [3.05, 3.63) is 41.2 Å². The molecule has 1 saturated heterocycles. The van der Waals surface area contributed by atoms with Gasteiger partial charge in [0.2, 0.25) is 0 Å². The first kappa shape index (κ1) is 16.9. The van der Waals surface area contributed by atoms with Crippen molar-refractivity contribution in [2.24, 2.45) is 7.05 Å². The van der Waals surface area contributed by atoms with Crippen molar-refractivity contribution >= 4 is 34.6 Å². The van der Waals surface area contributed by atoms with Gasteiger partial charge in [-0.25, -0.2) is 0 Å². The van der Waals surface area contributed by atoms with Gasteiger partial charge in [-0.3, -0.25) is 9.48 Å². The standard InChI is InChI=1S/C18H20ClN5O2/c1-22-11-12(10-20-22)17(25)23(2)14-5-7-24(8-6-14)18-21-15-4-3-13(19)9-16(15)26-18/h3-4,9-11,14H,5-8H2,1-2H3. The summed E-state index contributed by atoms with van der Waals surface area (Å²) in [7, 11) is 3.67. The zero-order valence-corrected chi connectivity index (χ0v) is 15.5. The van der Waals surface area contributed by atoms with E-state index < -0.39 is 0 Å². The van der Waals surface area contributed by atoms with E-state index >= 15 is 0 Å². The van der Waals surface area contributed by atoms with E-state index in [-0.39, 0.29) is 11.9 Å². The summed E-state index contributed by atoms with van der Waals surface area (Å²) in [4.78, 5) is 21.1. The lowest BCUT2D eigenvalue weighted by Gasteiger charge is -2.35. The number of amides is 1. The number of hydrogen-bond acceptors (Lipinski definition) is 5. The van der Waals surface area contributed by atoms with Gasteiger partial charge in [-0.1, -0.05) is 11.6 Å². The number of nitrogens with zero attached hydrogens (tertiary/aromatic N) is 5. The summed E-state index contributed by atoms with van der Waals surface area (Å²) in [5.41, 5.74) is 2.11. The van der Waals surface area contributed by atoms with E-state index in [2.05, 4.69) is 15.0 Å². The summed E-state index contributed by atoms with van der Waals surface area (Å²) in [6, 6.07) is 6.25. The normalized spacial score (nSPS) is 15.6. The Balaban J connectivity index is 1.42. The monoisotopic (exact) mass is 373 g/mol. The van der Waals surface area contributed by atoms with Crippen LogP contribution in [0.2, 0.25) is 5.02 Å². The molecule has 1 fully saturated rings. The van der Waals surface area contributed by atoms with Gasteiger partial charge >= 0.3 is 0 Å². The van der Waals surface area contributed by atoms with Crippen LogP contribution in [-0.2, 0) is 7.05 Å². The van der Waals surface area contributed by atoms with Crippen LogP contribution in [0.15, 0.2) is 35.0 Å². The molecule has 1 aliphatic heterocycles. The van der Waals surface area contributed by atoms with Gasteiger partial charge in [-0.2, -0.15) is 10.1 Å². The molecule has 0 bridgehead atoms. The summed E-state index contributed by atoms with van der Waals surface area (Å²) in [5, 5.41) is 4.71. The summed E-state index contributed by atoms with van der Waals surface area (Å²) in [5.74, 6) is 0.00746. The zero-order valence-electron chi connectivity index (χ0n) is 14.7. The highest BCUT2D eigenvalue weighted by Crippen LogP contribution is 2.27. The van der Waals surface area contributed by atoms with Crippen LogP contribution in [0.5, 0.6) is 0 Å². The molecule has 3 aromatic rings. The van der Waals surface area contributed by atoms with Gasteiger partial charge in [-0.15, -0.1) is 0 Å². The highest BCUT2D eigenvalue weighted by Gasteiger charge is 2.28. The number of carbonyl (C=O) groups is 1. The molecule has 8 heteroatoms. The second kappa shape index (κ2) is 6.64. The molecule has 1 aliphatic rings. The Morgan fingerprint density at radius 1 is 1.35 bits per heavy atom. The summed E-state index contributed by atoms with van der Waals surface area (Å²) >= 11 is 6.00. The van der Waals surface area contributed by atoms with Crippen LogP contribution in [0.1, 0.15) is 23.2 Å². The molecule has 7 nitrogen and oxygen atoms in total. The molecule has 4 rings (SSSR count). The molecule has 0 spiro atoms. The van der Waals surface area contributed by atoms with E-state index in [4.69, 9.17) is 16.0 Å². The van der Waals surface area contributed by atoms with E-state index in [0.717, 1.165) is 31.4 Å². The maximum atomic E-state index is 12.6. The number of benzene rings is 1. The first-order valence-electron chi connectivity index (χ1n) is 8.58. The summed E-state index contributed by atoms with van der Waals surface area (Å²) < 4.78 is 7.48. The maximum absolute atomic E-state index is 12.6. The molecule has 2 aromatic heterocycles. The van der Waals surface area contributed by atoms with Crippen LogP contribution in [0, 0.1) is 0 Å². The summed E-state index contributed by atoms with van der Waals surface area (Å²) in [6.07, 6.45) is 5.08. The smallest absolute Gasteiger partial charge is 0.298 e. The summed E-state index contributed by atoms with van der Waals surface area (Å²) in [6.45, 7) is 1.58. The number of anilines is 1. The van der Waals surface area contributed by atoms with Gasteiger partial charge in [0.25, 0.3) is 11.9 Å². The average molecular weight is 374 g/mol. The van der Waals surface area contributed by atoms with E-state index in [0.29, 0.717) is 22.2 Å². The van der Waals surface area contributed by atoms with Gasteiger partial charge in [-0.05, 0) is 25.0 Å². The largest absolute Gasteiger partial charge is 0.423 e. The molecule has 0 N–H and O–H groups in total. The van der Waals surface area contributed by atoms with Crippen molar-refractivity contribution in [2.45, 2.75) is 18.9 Å². The predicted molar refractivity (Wildman–Crippen MR) is 99.6 cm³/mol. The van der Waals surface area contributed by atoms with Gasteiger partial charge in [0.05, 0.1) is 11.8 Å². The molecule has 0 aliphatic carbocycles. The molecule has 1 aromatic carbocycles. The van der Waals surface area contributed by atoms with Crippen LogP contribution < -0.4 is 4.90 Å². The fourth-order valence-corrected chi connectivity index (χ4v) is 3.53. The highest BCUT2D eigenvalue weighted by atomic mass is 35.5. The third kappa shape index (κ3) is 3.14. The molecule has 0 unspecified atom stereocenters. The minimum absolute atomic E-state index is 0.00746. The molecular weight excluding hydrogens is 354 g/mol. The van der Waals surface area contributed by atoms with Gasteiger partial charge in [0.15, 0.2) is 5.58 Å². The lowest BCUT2D eigenvalue weighted by atomic mass is 10.0. The Morgan fingerprint density at radius 3 is 2.81 bits per heavy atom. The molecule has 3 heterocycles. The number of fused-ring (bicyclic) bond motifs is 1. The van der Waals surface area contributed by atoms with Crippen molar-refractivity contribution < 1.29 is 9.21 Å². The third-order valence-corrected chi connectivity index (χ3v) is 5.13. The van der Waals surface area contributed by atoms with Crippen LogP contribution in [-0.4, -0.2) is 51.8 Å². The van der Waals surface area contributed by atoms with Crippen LogP contribution >= 0.6 is 11.6 Å². The van der Waals surface area contributed by atoms with Gasteiger partial charge in [0, 0.05) is 50.5 Å². The molecule has 136 valence electrons. The Bertz CT molecular complexity index is 942. The number of piperidine rings is 1. The Kier molecular flexibility index (Phi) is 4.32. The molecule has 0 atom stereocenters. The molecule has 0 radical (unpaired) electrons. The minimum Gasteiger partial charge on any atom is -0.423 e. The van der Waals surface area contributed by atoms with Gasteiger partial charge in [0.1, 0.15) is 5.52 Å². The van der Waals surface area contributed by atoms with Crippen molar-refractivity contribution in [1.82, 2.24) is 19.7 Å². The number of oxazole rings is 1. The van der Waals surface area contributed by atoms with Crippen LogP contribution in [0.25, 0.3) is 11.1 Å². The number of rotatable bonds is 3. The second-order valence-corrected chi connectivity index (χ2v) is 7.08. The lowest BCUT2D eigenvalue weighted by Crippen LogP contribution is -2.45. The predicted octanol–water partition coefficient (Wildman–Crippen LogP) is 2.96. The molecule has 1 amide bonds. The topological polar surface area (TPSA) is 67.4 Å². The average Bonchev–Trinajstić information content (AvgIpc) is 3.26. The third-order valence-electron chi connectivity index (χ3n) is 4.89. The van der Waals surface area contributed by atoms with Crippen LogP contribution in [0.3, 0.4) is 0 Å². The Hall–Kier alpha value is -2.54.